The van der Waals surface area contributed by atoms with Crippen LogP contribution in [0.2, 0.25) is 0 Å². The van der Waals surface area contributed by atoms with Crippen LogP contribution in [0, 0.1) is 0 Å². The predicted octanol–water partition coefficient (Wildman–Crippen LogP) is 16.9. The molecular formula is C59H108NO8P. The lowest BCUT2D eigenvalue weighted by Gasteiger charge is -2.28. The first-order valence-corrected chi connectivity index (χ1v) is 30.0. The van der Waals surface area contributed by atoms with E-state index < -0.39 is 26.5 Å². The topological polar surface area (TPSA) is 111 Å². The molecule has 0 bridgehead atoms. The number of hydrogen-bond donors (Lipinski definition) is 0. The van der Waals surface area contributed by atoms with Gasteiger partial charge in [0.15, 0.2) is 6.10 Å². The third kappa shape index (κ3) is 54.9. The van der Waals surface area contributed by atoms with E-state index in [1.807, 2.05) is 21.1 Å². The van der Waals surface area contributed by atoms with Gasteiger partial charge in [-0.1, -0.05) is 222 Å². The van der Waals surface area contributed by atoms with Crippen LogP contribution in [-0.4, -0.2) is 70.0 Å². The van der Waals surface area contributed by atoms with Crippen LogP contribution < -0.4 is 4.89 Å². The van der Waals surface area contributed by atoms with E-state index in [4.69, 9.17) is 18.5 Å². The number of unbranched alkanes of at least 4 members (excludes halogenated alkanes) is 28. The van der Waals surface area contributed by atoms with Crippen LogP contribution in [0.15, 0.2) is 60.8 Å². The second-order valence-corrected chi connectivity index (χ2v) is 21.7. The summed E-state index contributed by atoms with van der Waals surface area (Å²) in [5.74, 6) is -0.837. The monoisotopic (exact) mass is 990 g/mol. The third-order valence-electron chi connectivity index (χ3n) is 12.3. The van der Waals surface area contributed by atoms with Crippen LogP contribution in [0.25, 0.3) is 0 Å². The molecule has 0 radical (unpaired) electrons. The summed E-state index contributed by atoms with van der Waals surface area (Å²) >= 11 is 0. The van der Waals surface area contributed by atoms with Gasteiger partial charge in [0.2, 0.25) is 0 Å². The van der Waals surface area contributed by atoms with Gasteiger partial charge in [-0.25, -0.2) is 0 Å². The molecule has 0 aliphatic heterocycles. The molecular weight excluding hydrogens is 882 g/mol. The lowest BCUT2D eigenvalue weighted by atomic mass is 10.0. The molecule has 69 heavy (non-hydrogen) atoms. The zero-order valence-electron chi connectivity index (χ0n) is 45.5. The Balaban J connectivity index is 4.06. The Morgan fingerprint density at radius 3 is 1.25 bits per heavy atom. The summed E-state index contributed by atoms with van der Waals surface area (Å²) in [5.41, 5.74) is 0. The lowest BCUT2D eigenvalue weighted by Crippen LogP contribution is -2.37. The van der Waals surface area contributed by atoms with E-state index in [0.29, 0.717) is 17.4 Å². The van der Waals surface area contributed by atoms with Crippen LogP contribution in [-0.2, 0) is 32.7 Å². The maximum atomic E-state index is 12.8. The van der Waals surface area contributed by atoms with E-state index in [2.05, 4.69) is 74.6 Å². The zero-order valence-corrected chi connectivity index (χ0v) is 46.4. The summed E-state index contributed by atoms with van der Waals surface area (Å²) in [7, 11) is 1.17. The van der Waals surface area contributed by atoms with Gasteiger partial charge in [0.25, 0.3) is 7.82 Å². The highest BCUT2D eigenvalue weighted by Crippen LogP contribution is 2.38. The Morgan fingerprint density at radius 1 is 0.464 bits per heavy atom. The van der Waals surface area contributed by atoms with E-state index in [1.54, 1.807) is 0 Å². The standard InChI is InChI=1S/C59H108NO8P/c1-6-8-10-12-14-16-18-20-22-23-24-25-26-27-28-29-30-31-32-33-34-35-36-37-38-40-42-44-46-48-50-52-59(62)68-57(56-67-69(63,64)66-54-53-60(3,4)5)55-65-58(61)51-49-47-45-43-41-39-21-19-17-15-13-11-9-7-2/h8,10,14,16,19-22,24-25,57H,6-7,9,11-13,15,17-18,23,26-56H2,1-5H3/b10-8-,16-14-,21-19-,22-20-,25-24-. The van der Waals surface area contributed by atoms with Gasteiger partial charge in [-0.3, -0.25) is 14.2 Å². The van der Waals surface area contributed by atoms with Crippen molar-refractivity contribution >= 4 is 19.8 Å². The highest BCUT2D eigenvalue weighted by atomic mass is 31.2. The van der Waals surface area contributed by atoms with E-state index in [-0.39, 0.29) is 32.0 Å². The first kappa shape index (κ1) is 66.7. The first-order chi connectivity index (χ1) is 33.5. The fourth-order valence-electron chi connectivity index (χ4n) is 7.88. The quantitative estimate of drug-likeness (QED) is 0.0195. The largest absolute Gasteiger partial charge is 0.756 e. The molecule has 0 aliphatic carbocycles. The van der Waals surface area contributed by atoms with Gasteiger partial charge in [-0.2, -0.15) is 0 Å². The smallest absolute Gasteiger partial charge is 0.306 e. The van der Waals surface area contributed by atoms with Crippen molar-refractivity contribution < 1.29 is 42.1 Å². The Kier molecular flexibility index (Phi) is 49.0. The van der Waals surface area contributed by atoms with E-state index in [0.717, 1.165) is 83.5 Å². The number of hydrogen-bond acceptors (Lipinski definition) is 8. The Bertz CT molecular complexity index is 1350. The Hall–Kier alpha value is -2.29. The van der Waals surface area contributed by atoms with Gasteiger partial charge in [-0.05, 0) is 77.0 Å². The van der Waals surface area contributed by atoms with Crippen molar-refractivity contribution in [3.05, 3.63) is 60.8 Å². The van der Waals surface area contributed by atoms with Gasteiger partial charge in [0.1, 0.15) is 19.8 Å². The van der Waals surface area contributed by atoms with Crippen LogP contribution in [0.5, 0.6) is 0 Å². The summed E-state index contributed by atoms with van der Waals surface area (Å²) in [5, 5.41) is 0. The Morgan fingerprint density at radius 2 is 0.826 bits per heavy atom. The molecule has 0 aliphatic rings. The second kappa shape index (κ2) is 50.6. The number of quaternary nitrogens is 1. The molecule has 2 atom stereocenters. The second-order valence-electron chi connectivity index (χ2n) is 20.3. The minimum Gasteiger partial charge on any atom is -0.756 e. The number of ether oxygens (including phenoxy) is 2. The van der Waals surface area contributed by atoms with Gasteiger partial charge >= 0.3 is 11.9 Å². The van der Waals surface area contributed by atoms with Crippen LogP contribution in [0.3, 0.4) is 0 Å². The predicted molar refractivity (Wildman–Crippen MR) is 291 cm³/mol. The molecule has 402 valence electrons. The van der Waals surface area contributed by atoms with Crippen LogP contribution in [0.1, 0.15) is 251 Å². The van der Waals surface area contributed by atoms with Crippen molar-refractivity contribution in [1.29, 1.82) is 0 Å². The van der Waals surface area contributed by atoms with Gasteiger partial charge in [0.05, 0.1) is 27.7 Å². The third-order valence-corrected chi connectivity index (χ3v) is 13.2. The molecule has 0 amide bonds. The van der Waals surface area contributed by atoms with Crippen molar-refractivity contribution in [2.24, 2.45) is 0 Å². The summed E-state index contributed by atoms with van der Waals surface area (Å²) in [6.07, 6.45) is 64.2. The molecule has 9 nitrogen and oxygen atoms in total. The minimum absolute atomic E-state index is 0.0320. The molecule has 0 spiro atoms. The highest BCUT2D eigenvalue weighted by Gasteiger charge is 2.21. The van der Waals surface area contributed by atoms with Crippen LogP contribution >= 0.6 is 7.82 Å². The normalized spacial score (nSPS) is 13.8. The van der Waals surface area contributed by atoms with Crippen LogP contribution in [0.4, 0.5) is 0 Å². The number of phosphoric acid groups is 1. The average Bonchev–Trinajstić information content (AvgIpc) is 3.31. The number of carbonyl (C=O) groups is 2. The molecule has 0 aromatic rings. The zero-order chi connectivity index (χ0) is 50.6. The number of esters is 2. The lowest BCUT2D eigenvalue weighted by molar-refractivity contribution is -0.870. The number of nitrogens with zero attached hydrogens (tertiary/aromatic N) is 1. The molecule has 0 heterocycles. The molecule has 0 aromatic carbocycles. The molecule has 0 aromatic heterocycles. The molecule has 0 fully saturated rings. The number of likely N-dealkylation sites (N-methyl/N-ethyl adjacent to an activating group) is 1. The summed E-state index contributed by atoms with van der Waals surface area (Å²) in [6.45, 7) is 4.12. The molecule has 0 saturated heterocycles. The van der Waals surface area contributed by atoms with Gasteiger partial charge in [0, 0.05) is 12.8 Å². The number of carbonyl (C=O) groups excluding carboxylic acids is 2. The van der Waals surface area contributed by atoms with Gasteiger partial charge in [-0.15, -0.1) is 0 Å². The number of rotatable bonds is 52. The summed E-state index contributed by atoms with van der Waals surface area (Å²) in [6, 6.07) is 0. The van der Waals surface area contributed by atoms with Crippen molar-refractivity contribution in [3.8, 4) is 0 Å². The molecule has 10 heteroatoms. The molecule has 0 N–H and O–H groups in total. The SMILES string of the molecule is CC/C=C\C/C=C\C/C=C\C/C=C\CCCCCCCCCCCCCCCCCCCCC(=O)OC(COC(=O)CCCCCCC/C=C\CCCCCCC)COP(=O)([O-])OCC[N+](C)(C)C. The average molecular weight is 990 g/mol. The fraction of sp³-hybridized carbons (Fsp3) is 0.797. The minimum atomic E-state index is -4.63. The maximum Gasteiger partial charge on any atom is 0.306 e. The van der Waals surface area contributed by atoms with Crippen molar-refractivity contribution in [2.45, 2.75) is 258 Å². The molecule has 0 rings (SSSR count). The number of phosphoric ester groups is 1. The van der Waals surface area contributed by atoms with E-state index in [1.165, 1.54) is 135 Å². The number of allylic oxidation sites excluding steroid dienone is 10. The Labute approximate surface area is 426 Å². The van der Waals surface area contributed by atoms with E-state index in [9.17, 15) is 19.0 Å². The van der Waals surface area contributed by atoms with Crippen molar-refractivity contribution in [1.82, 2.24) is 0 Å². The summed E-state index contributed by atoms with van der Waals surface area (Å²) < 4.78 is 34.1. The molecule has 0 saturated carbocycles. The highest BCUT2D eigenvalue weighted by molar-refractivity contribution is 7.45. The maximum absolute atomic E-state index is 12.8. The summed E-state index contributed by atoms with van der Waals surface area (Å²) in [4.78, 5) is 37.8. The van der Waals surface area contributed by atoms with Crippen molar-refractivity contribution in [2.75, 3.05) is 47.5 Å². The fourth-order valence-corrected chi connectivity index (χ4v) is 8.61. The first-order valence-electron chi connectivity index (χ1n) is 28.5. The van der Waals surface area contributed by atoms with Crippen molar-refractivity contribution in [3.63, 3.8) is 0 Å². The molecule has 2 unspecified atom stereocenters. The van der Waals surface area contributed by atoms with E-state index >= 15 is 0 Å². The van der Waals surface area contributed by atoms with Gasteiger partial charge < -0.3 is 27.9 Å².